The number of halogens is 2. The quantitative estimate of drug-likeness (QED) is 0.788. The number of carbonyl (C=O) groups is 1. The van der Waals surface area contributed by atoms with Gasteiger partial charge in [0.2, 0.25) is 5.91 Å². The van der Waals surface area contributed by atoms with Gasteiger partial charge in [0.15, 0.2) is 0 Å². The number of amides is 1. The van der Waals surface area contributed by atoms with Crippen molar-refractivity contribution in [3.8, 4) is 11.5 Å². The van der Waals surface area contributed by atoms with Crippen LogP contribution in [0.5, 0.6) is 11.5 Å². The number of methoxy groups -OCH3 is 2. The number of hydrogen-bond acceptors (Lipinski definition) is 3. The highest BCUT2D eigenvalue weighted by Crippen LogP contribution is 2.46. The molecule has 0 saturated heterocycles. The molecule has 2 aromatic rings. The van der Waals surface area contributed by atoms with Gasteiger partial charge in [0.25, 0.3) is 0 Å². The molecule has 0 bridgehead atoms. The zero-order chi connectivity index (χ0) is 18.0. The first-order chi connectivity index (χ1) is 12.0. The standard InChI is InChI=1S/C19H19Cl2NO3/c1-24-16-11-15(17(25-2)10-14(16)21)22-18(23)19(8-3-9-19)12-4-6-13(20)7-5-12/h4-7,10-11H,3,8-9H2,1-2H3,(H,22,23). The van der Waals surface area contributed by atoms with Gasteiger partial charge in [-0.2, -0.15) is 0 Å². The maximum Gasteiger partial charge on any atom is 0.235 e. The first-order valence-corrected chi connectivity index (χ1v) is 8.75. The predicted molar refractivity (Wildman–Crippen MR) is 100 cm³/mol. The lowest BCUT2D eigenvalue weighted by atomic mass is 9.64. The van der Waals surface area contributed by atoms with Crippen molar-refractivity contribution in [2.24, 2.45) is 0 Å². The fraction of sp³-hybridized carbons (Fsp3) is 0.316. The molecule has 1 N–H and O–H groups in total. The summed E-state index contributed by atoms with van der Waals surface area (Å²) in [6.07, 6.45) is 2.61. The highest BCUT2D eigenvalue weighted by molar-refractivity contribution is 6.32. The Bertz CT molecular complexity index is 786. The highest BCUT2D eigenvalue weighted by Gasteiger charge is 2.45. The summed E-state index contributed by atoms with van der Waals surface area (Å²) < 4.78 is 10.6. The van der Waals surface area contributed by atoms with Gasteiger partial charge in [0, 0.05) is 17.2 Å². The SMILES string of the molecule is COc1cc(NC(=O)C2(c3ccc(Cl)cc3)CCC2)c(OC)cc1Cl. The molecule has 0 unspecified atom stereocenters. The van der Waals surface area contributed by atoms with Crippen molar-refractivity contribution >= 4 is 34.8 Å². The normalized spacial score (nSPS) is 15.2. The van der Waals surface area contributed by atoms with E-state index >= 15 is 0 Å². The summed E-state index contributed by atoms with van der Waals surface area (Å²) in [6, 6.07) is 10.8. The Morgan fingerprint density at radius 3 is 2.20 bits per heavy atom. The van der Waals surface area contributed by atoms with Crippen LogP contribution in [0, 0.1) is 0 Å². The second-order valence-electron chi connectivity index (χ2n) is 6.08. The van der Waals surface area contributed by atoms with Gasteiger partial charge >= 0.3 is 0 Å². The number of hydrogen-bond donors (Lipinski definition) is 1. The molecule has 0 atom stereocenters. The van der Waals surface area contributed by atoms with Crippen LogP contribution < -0.4 is 14.8 Å². The van der Waals surface area contributed by atoms with E-state index in [0.717, 1.165) is 24.8 Å². The molecule has 1 amide bonds. The van der Waals surface area contributed by atoms with Crippen molar-refractivity contribution in [2.45, 2.75) is 24.7 Å². The minimum absolute atomic E-state index is 0.0660. The van der Waals surface area contributed by atoms with Crippen LogP contribution in [0.2, 0.25) is 10.0 Å². The lowest BCUT2D eigenvalue weighted by Crippen LogP contribution is -2.46. The maximum absolute atomic E-state index is 13.1. The molecule has 1 saturated carbocycles. The van der Waals surface area contributed by atoms with E-state index in [1.165, 1.54) is 14.2 Å². The van der Waals surface area contributed by atoms with Crippen LogP contribution in [0.25, 0.3) is 0 Å². The Morgan fingerprint density at radius 2 is 1.68 bits per heavy atom. The predicted octanol–water partition coefficient (Wildman–Crippen LogP) is 5.07. The molecule has 0 heterocycles. The minimum Gasteiger partial charge on any atom is -0.495 e. The summed E-state index contributed by atoms with van der Waals surface area (Å²) in [4.78, 5) is 13.1. The van der Waals surface area contributed by atoms with Crippen LogP contribution in [-0.2, 0) is 10.2 Å². The summed E-state index contributed by atoms with van der Waals surface area (Å²) in [5.74, 6) is 0.903. The van der Waals surface area contributed by atoms with Gasteiger partial charge in [-0.1, -0.05) is 41.8 Å². The zero-order valence-corrected chi connectivity index (χ0v) is 15.6. The molecule has 6 heteroatoms. The Kier molecular flexibility index (Phi) is 5.11. The Balaban J connectivity index is 1.92. The van der Waals surface area contributed by atoms with E-state index in [9.17, 15) is 4.79 Å². The molecule has 1 fully saturated rings. The van der Waals surface area contributed by atoms with Gasteiger partial charge in [-0.25, -0.2) is 0 Å². The topological polar surface area (TPSA) is 47.6 Å². The number of carbonyl (C=O) groups excluding carboxylic acids is 1. The molecule has 2 aromatic carbocycles. The Hall–Kier alpha value is -1.91. The average molecular weight is 380 g/mol. The van der Waals surface area contributed by atoms with Crippen LogP contribution in [0.4, 0.5) is 5.69 Å². The second kappa shape index (κ2) is 7.14. The van der Waals surface area contributed by atoms with E-state index in [1.807, 2.05) is 24.3 Å². The Labute approximate surface area is 157 Å². The van der Waals surface area contributed by atoms with Crippen molar-refractivity contribution in [3.63, 3.8) is 0 Å². The van der Waals surface area contributed by atoms with E-state index in [2.05, 4.69) is 5.32 Å². The summed E-state index contributed by atoms with van der Waals surface area (Å²) >= 11 is 12.1. The van der Waals surface area contributed by atoms with Gasteiger partial charge in [-0.05, 0) is 30.5 Å². The van der Waals surface area contributed by atoms with Crippen LogP contribution in [-0.4, -0.2) is 20.1 Å². The zero-order valence-electron chi connectivity index (χ0n) is 14.1. The highest BCUT2D eigenvalue weighted by atomic mass is 35.5. The summed E-state index contributed by atoms with van der Waals surface area (Å²) in [5.41, 5.74) is 0.970. The van der Waals surface area contributed by atoms with Crippen molar-refractivity contribution in [3.05, 3.63) is 52.0 Å². The molecule has 0 spiro atoms. The van der Waals surface area contributed by atoms with Crippen molar-refractivity contribution in [1.82, 2.24) is 0 Å². The summed E-state index contributed by atoms with van der Waals surface area (Å²) in [6.45, 7) is 0. The number of benzene rings is 2. The summed E-state index contributed by atoms with van der Waals surface area (Å²) in [7, 11) is 3.06. The van der Waals surface area contributed by atoms with Crippen molar-refractivity contribution in [1.29, 1.82) is 0 Å². The molecule has 3 rings (SSSR count). The fourth-order valence-electron chi connectivity index (χ4n) is 3.15. The molecular formula is C19H19Cl2NO3. The van der Waals surface area contributed by atoms with E-state index < -0.39 is 5.41 Å². The average Bonchev–Trinajstić information content (AvgIpc) is 2.56. The fourth-order valence-corrected chi connectivity index (χ4v) is 3.50. The van der Waals surface area contributed by atoms with Crippen LogP contribution in [0.15, 0.2) is 36.4 Å². The van der Waals surface area contributed by atoms with E-state index in [1.54, 1.807) is 12.1 Å². The third kappa shape index (κ3) is 3.29. The molecule has 0 aliphatic heterocycles. The van der Waals surface area contributed by atoms with Crippen LogP contribution >= 0.6 is 23.2 Å². The van der Waals surface area contributed by atoms with Gasteiger partial charge in [-0.15, -0.1) is 0 Å². The first-order valence-electron chi connectivity index (χ1n) is 7.99. The van der Waals surface area contributed by atoms with Crippen LogP contribution in [0.1, 0.15) is 24.8 Å². The molecule has 25 heavy (non-hydrogen) atoms. The molecule has 4 nitrogen and oxygen atoms in total. The van der Waals surface area contributed by atoms with Crippen molar-refractivity contribution in [2.75, 3.05) is 19.5 Å². The smallest absolute Gasteiger partial charge is 0.235 e. The third-order valence-electron chi connectivity index (χ3n) is 4.76. The molecular weight excluding hydrogens is 361 g/mol. The lowest BCUT2D eigenvalue weighted by molar-refractivity contribution is -0.124. The van der Waals surface area contributed by atoms with Gasteiger partial charge in [0.1, 0.15) is 11.5 Å². The monoisotopic (exact) mass is 379 g/mol. The first kappa shape index (κ1) is 17.9. The largest absolute Gasteiger partial charge is 0.495 e. The van der Waals surface area contributed by atoms with Gasteiger partial charge < -0.3 is 14.8 Å². The van der Waals surface area contributed by atoms with Crippen molar-refractivity contribution < 1.29 is 14.3 Å². The lowest BCUT2D eigenvalue weighted by Gasteiger charge is -2.40. The minimum atomic E-state index is -0.539. The number of ether oxygens (including phenoxy) is 2. The van der Waals surface area contributed by atoms with E-state index in [4.69, 9.17) is 32.7 Å². The molecule has 132 valence electrons. The molecule has 0 aromatic heterocycles. The third-order valence-corrected chi connectivity index (χ3v) is 5.31. The van der Waals surface area contributed by atoms with Gasteiger partial charge in [0.05, 0.1) is 30.3 Å². The number of anilines is 1. The molecule has 1 aliphatic rings. The summed E-state index contributed by atoms with van der Waals surface area (Å²) in [5, 5.41) is 4.06. The maximum atomic E-state index is 13.1. The van der Waals surface area contributed by atoms with Crippen LogP contribution in [0.3, 0.4) is 0 Å². The molecule has 1 aliphatic carbocycles. The number of nitrogens with one attached hydrogen (secondary N) is 1. The van der Waals surface area contributed by atoms with E-state index in [0.29, 0.717) is 27.2 Å². The van der Waals surface area contributed by atoms with E-state index in [-0.39, 0.29) is 5.91 Å². The number of rotatable bonds is 5. The van der Waals surface area contributed by atoms with Gasteiger partial charge in [-0.3, -0.25) is 4.79 Å². The Morgan fingerprint density at radius 1 is 1.04 bits per heavy atom. The molecule has 0 radical (unpaired) electrons. The second-order valence-corrected chi connectivity index (χ2v) is 6.93.